The van der Waals surface area contributed by atoms with Crippen LogP contribution in [-0.2, 0) is 9.47 Å². The van der Waals surface area contributed by atoms with Crippen molar-refractivity contribution in [3.8, 4) is 0 Å². The number of hydrogen-bond acceptors (Lipinski definition) is 7. The Morgan fingerprint density at radius 3 is 2.65 bits per heavy atom. The van der Waals surface area contributed by atoms with Gasteiger partial charge in [-0.2, -0.15) is 0 Å². The van der Waals surface area contributed by atoms with E-state index < -0.39 is 11.7 Å². The van der Waals surface area contributed by atoms with Gasteiger partial charge in [0.15, 0.2) is 5.79 Å². The number of aromatic nitrogens is 2. The molecule has 0 atom stereocenters. The van der Waals surface area contributed by atoms with Crippen LogP contribution in [0, 0.1) is 0 Å². The molecule has 26 heavy (non-hydrogen) atoms. The number of hydrogen-bond donors (Lipinski definition) is 1. The number of thiophene rings is 1. The fraction of sp³-hybridized carbons (Fsp3) is 0.412. The maximum atomic E-state index is 12.9. The van der Waals surface area contributed by atoms with Gasteiger partial charge >= 0.3 is 0 Å². The number of nitrogens with one attached hydrogen (secondary N) is 1. The minimum absolute atomic E-state index is 0.0951. The molecule has 2 aromatic rings. The minimum Gasteiger partial charge on any atom is -0.347 e. The number of anilines is 1. The highest BCUT2D eigenvalue weighted by molar-refractivity contribution is 7.12. The first kappa shape index (κ1) is 17.1. The molecule has 0 bridgehead atoms. The van der Waals surface area contributed by atoms with E-state index in [0.29, 0.717) is 49.7 Å². The lowest BCUT2D eigenvalue weighted by Crippen LogP contribution is -2.47. The zero-order valence-electron chi connectivity index (χ0n) is 14.0. The zero-order valence-corrected chi connectivity index (χ0v) is 14.8. The van der Waals surface area contributed by atoms with E-state index in [9.17, 15) is 9.59 Å². The molecule has 2 amide bonds. The maximum Gasteiger partial charge on any atom is 0.275 e. The third kappa shape index (κ3) is 3.33. The van der Waals surface area contributed by atoms with Gasteiger partial charge in [0.1, 0.15) is 10.6 Å². The van der Waals surface area contributed by atoms with Gasteiger partial charge in [-0.15, -0.1) is 11.3 Å². The molecule has 2 fully saturated rings. The number of rotatable bonds is 3. The first-order valence-electron chi connectivity index (χ1n) is 8.39. The van der Waals surface area contributed by atoms with E-state index >= 15 is 0 Å². The van der Waals surface area contributed by atoms with Crippen molar-refractivity contribution in [1.29, 1.82) is 0 Å². The molecule has 1 N–H and O–H groups in total. The summed E-state index contributed by atoms with van der Waals surface area (Å²) in [6.07, 6.45) is 5.65. The van der Waals surface area contributed by atoms with Crippen LogP contribution in [0.5, 0.6) is 0 Å². The monoisotopic (exact) mass is 374 g/mol. The lowest BCUT2D eigenvalue weighted by molar-refractivity contribution is -0.181. The molecule has 1 spiro atoms. The number of likely N-dealkylation sites (tertiary alicyclic amines) is 1. The minimum atomic E-state index is -0.519. The molecule has 8 nitrogen and oxygen atoms in total. The molecule has 9 heteroatoms. The van der Waals surface area contributed by atoms with E-state index in [1.807, 2.05) is 0 Å². The van der Waals surface area contributed by atoms with E-state index in [2.05, 4.69) is 15.3 Å². The summed E-state index contributed by atoms with van der Waals surface area (Å²) in [7, 11) is 0. The van der Waals surface area contributed by atoms with Gasteiger partial charge in [-0.25, -0.2) is 4.98 Å². The third-order valence-electron chi connectivity index (χ3n) is 4.53. The van der Waals surface area contributed by atoms with E-state index in [0.717, 1.165) is 0 Å². The molecular formula is C17H18N4O4S. The number of amides is 2. The smallest absolute Gasteiger partial charge is 0.275 e. The Hall–Kier alpha value is -2.36. The van der Waals surface area contributed by atoms with Crippen molar-refractivity contribution in [1.82, 2.24) is 14.9 Å². The molecule has 4 rings (SSSR count). The van der Waals surface area contributed by atoms with Crippen LogP contribution in [0.2, 0.25) is 0 Å². The second kappa shape index (κ2) is 7.10. The Kier molecular flexibility index (Phi) is 4.66. The van der Waals surface area contributed by atoms with Crippen LogP contribution < -0.4 is 5.32 Å². The fourth-order valence-electron chi connectivity index (χ4n) is 3.16. The normalized spacial score (nSPS) is 18.8. The molecule has 4 heterocycles. The standard InChI is InChI=1S/C17H18N4O4S/c22-15(13-11-18-4-5-19-13)20-12-1-10-26-14(12)16(23)21-6-2-17(3-7-21)24-8-9-25-17/h1,4-5,10-11H,2-3,6-9H2,(H,20,22). The summed E-state index contributed by atoms with van der Waals surface area (Å²) >= 11 is 1.31. The number of nitrogens with zero attached hydrogens (tertiary/aromatic N) is 3. The highest BCUT2D eigenvalue weighted by atomic mass is 32.1. The molecule has 0 aromatic carbocycles. The largest absolute Gasteiger partial charge is 0.347 e. The Labute approximate surface area is 154 Å². The van der Waals surface area contributed by atoms with Crippen LogP contribution in [0.3, 0.4) is 0 Å². The van der Waals surface area contributed by atoms with Crippen LogP contribution in [0.4, 0.5) is 5.69 Å². The Morgan fingerprint density at radius 1 is 1.19 bits per heavy atom. The van der Waals surface area contributed by atoms with Gasteiger partial charge in [0.25, 0.3) is 11.8 Å². The summed E-state index contributed by atoms with van der Waals surface area (Å²) in [5.41, 5.74) is 0.692. The predicted octanol–water partition coefficient (Wildman–Crippen LogP) is 1.77. The Morgan fingerprint density at radius 2 is 1.96 bits per heavy atom. The maximum absolute atomic E-state index is 12.9. The summed E-state index contributed by atoms with van der Waals surface area (Å²) in [6.45, 7) is 2.34. The Balaban J connectivity index is 1.43. The van der Waals surface area contributed by atoms with Crippen LogP contribution in [0.15, 0.2) is 30.0 Å². The molecular weight excluding hydrogens is 356 g/mol. The molecule has 0 saturated carbocycles. The average molecular weight is 374 g/mol. The second-order valence-electron chi connectivity index (χ2n) is 6.11. The van der Waals surface area contributed by atoms with Gasteiger partial charge in [0.05, 0.1) is 25.1 Å². The van der Waals surface area contributed by atoms with Crippen molar-refractivity contribution in [2.75, 3.05) is 31.6 Å². The van der Waals surface area contributed by atoms with Crippen molar-refractivity contribution < 1.29 is 19.1 Å². The van der Waals surface area contributed by atoms with Crippen molar-refractivity contribution in [2.45, 2.75) is 18.6 Å². The molecule has 136 valence electrons. The topological polar surface area (TPSA) is 93.7 Å². The van der Waals surface area contributed by atoms with Gasteiger partial charge in [-0.1, -0.05) is 0 Å². The molecule has 0 aliphatic carbocycles. The number of ether oxygens (including phenoxy) is 2. The number of piperidine rings is 1. The Bertz CT molecular complexity index is 794. The molecule has 0 unspecified atom stereocenters. The van der Waals surface area contributed by atoms with Crippen LogP contribution in [-0.4, -0.2) is 58.8 Å². The lowest BCUT2D eigenvalue weighted by atomic mass is 10.0. The number of carbonyl (C=O) groups excluding carboxylic acids is 2. The SMILES string of the molecule is O=C(Nc1ccsc1C(=O)N1CCC2(CC1)OCCO2)c1cnccn1. The van der Waals surface area contributed by atoms with Crippen molar-refractivity contribution in [3.05, 3.63) is 40.6 Å². The lowest BCUT2D eigenvalue weighted by Gasteiger charge is -2.37. The van der Waals surface area contributed by atoms with Crippen molar-refractivity contribution in [2.24, 2.45) is 0 Å². The van der Waals surface area contributed by atoms with Crippen LogP contribution in [0.25, 0.3) is 0 Å². The second-order valence-corrected chi connectivity index (χ2v) is 7.02. The molecule has 2 aliphatic rings. The van der Waals surface area contributed by atoms with Crippen molar-refractivity contribution >= 4 is 28.8 Å². The van der Waals surface area contributed by atoms with Gasteiger partial charge in [-0.3, -0.25) is 14.6 Å². The predicted molar refractivity (Wildman–Crippen MR) is 94.1 cm³/mol. The summed E-state index contributed by atoms with van der Waals surface area (Å²) < 4.78 is 11.4. The summed E-state index contributed by atoms with van der Waals surface area (Å²) in [4.78, 5) is 35.3. The van der Waals surface area contributed by atoms with Crippen LogP contribution >= 0.6 is 11.3 Å². The van der Waals surface area contributed by atoms with E-state index in [-0.39, 0.29) is 11.6 Å². The first-order chi connectivity index (χ1) is 12.7. The van der Waals surface area contributed by atoms with Crippen molar-refractivity contribution in [3.63, 3.8) is 0 Å². The average Bonchev–Trinajstić information content (AvgIpc) is 3.32. The van der Waals surface area contributed by atoms with Gasteiger partial charge in [-0.05, 0) is 11.4 Å². The summed E-state index contributed by atoms with van der Waals surface area (Å²) in [5.74, 6) is -1.01. The third-order valence-corrected chi connectivity index (χ3v) is 5.43. The molecule has 2 saturated heterocycles. The van der Waals surface area contributed by atoms with Gasteiger partial charge in [0.2, 0.25) is 0 Å². The van der Waals surface area contributed by atoms with Gasteiger partial charge in [0, 0.05) is 38.3 Å². The summed E-state index contributed by atoms with van der Waals surface area (Å²) in [6, 6.07) is 1.72. The molecule has 2 aromatic heterocycles. The van der Waals surface area contributed by atoms with E-state index in [4.69, 9.17) is 9.47 Å². The highest BCUT2D eigenvalue weighted by Crippen LogP contribution is 2.33. The van der Waals surface area contributed by atoms with Crippen LogP contribution in [0.1, 0.15) is 33.0 Å². The van der Waals surface area contributed by atoms with E-state index in [1.165, 1.54) is 29.9 Å². The van der Waals surface area contributed by atoms with E-state index in [1.54, 1.807) is 16.3 Å². The summed E-state index contributed by atoms with van der Waals surface area (Å²) in [5, 5.41) is 4.53. The molecule has 0 radical (unpaired) electrons. The number of carbonyl (C=O) groups is 2. The first-order valence-corrected chi connectivity index (χ1v) is 9.27. The zero-order chi connectivity index (χ0) is 18.0. The highest BCUT2D eigenvalue weighted by Gasteiger charge is 2.41. The molecule has 2 aliphatic heterocycles. The fourth-order valence-corrected chi connectivity index (χ4v) is 3.97. The van der Waals surface area contributed by atoms with Gasteiger partial charge < -0.3 is 19.7 Å². The quantitative estimate of drug-likeness (QED) is 0.880.